The van der Waals surface area contributed by atoms with Crippen molar-refractivity contribution < 1.29 is 4.79 Å². The van der Waals surface area contributed by atoms with Crippen LogP contribution in [0, 0.1) is 6.92 Å². The lowest BCUT2D eigenvalue weighted by atomic mass is 9.95. The average Bonchev–Trinajstić information content (AvgIpc) is 3.02. The summed E-state index contributed by atoms with van der Waals surface area (Å²) in [5, 5.41) is 12.3. The monoisotopic (exact) mass is 358 g/mol. The Balaban J connectivity index is 1.58. The summed E-state index contributed by atoms with van der Waals surface area (Å²) in [7, 11) is 0. The predicted octanol–water partition coefficient (Wildman–Crippen LogP) is 4.38. The first-order valence-corrected chi connectivity index (χ1v) is 10.1. The molecule has 1 N–H and O–H groups in total. The average molecular weight is 359 g/mol. The third kappa shape index (κ3) is 4.63. The van der Waals surface area contributed by atoms with Crippen LogP contribution in [-0.4, -0.2) is 26.4 Å². The minimum atomic E-state index is -0.00917. The van der Waals surface area contributed by atoms with E-state index in [2.05, 4.69) is 27.0 Å². The van der Waals surface area contributed by atoms with Crippen molar-refractivity contribution in [1.29, 1.82) is 0 Å². The summed E-state index contributed by atoms with van der Waals surface area (Å²) in [6.45, 7) is 4.12. The summed E-state index contributed by atoms with van der Waals surface area (Å²) >= 11 is 1.47. The lowest BCUT2D eigenvalue weighted by molar-refractivity contribution is -0.113. The molecule has 1 aliphatic carbocycles. The molecule has 0 aliphatic heterocycles. The van der Waals surface area contributed by atoms with E-state index in [0.29, 0.717) is 11.8 Å². The van der Waals surface area contributed by atoms with E-state index in [4.69, 9.17) is 0 Å². The fraction of sp³-hybridized carbons (Fsp3) is 0.526. The number of nitrogens with one attached hydrogen (secondary N) is 1. The van der Waals surface area contributed by atoms with Gasteiger partial charge >= 0.3 is 0 Å². The number of rotatable bonds is 6. The van der Waals surface area contributed by atoms with Gasteiger partial charge in [0.2, 0.25) is 5.91 Å². The van der Waals surface area contributed by atoms with Crippen molar-refractivity contribution in [2.45, 2.75) is 63.6 Å². The van der Waals surface area contributed by atoms with E-state index in [9.17, 15) is 4.79 Å². The molecule has 1 aromatic carbocycles. The van der Waals surface area contributed by atoms with Gasteiger partial charge in [-0.05, 0) is 43.9 Å². The van der Waals surface area contributed by atoms with Crippen molar-refractivity contribution >= 4 is 23.4 Å². The second-order valence-electron chi connectivity index (χ2n) is 6.58. The van der Waals surface area contributed by atoms with Crippen LogP contribution in [0.3, 0.4) is 0 Å². The van der Waals surface area contributed by atoms with Crippen molar-refractivity contribution in [3.63, 3.8) is 0 Å². The molecule has 1 fully saturated rings. The molecule has 1 aromatic heterocycles. The number of aryl methyl sites for hydroxylation is 2. The third-order valence-electron chi connectivity index (χ3n) is 4.75. The highest BCUT2D eigenvalue weighted by Gasteiger charge is 2.21. The summed E-state index contributed by atoms with van der Waals surface area (Å²) in [6, 6.07) is 8.49. The van der Waals surface area contributed by atoms with Gasteiger partial charge in [0.1, 0.15) is 5.82 Å². The van der Waals surface area contributed by atoms with Gasteiger partial charge in [-0.1, -0.05) is 50.1 Å². The van der Waals surface area contributed by atoms with Crippen LogP contribution in [-0.2, 0) is 11.2 Å². The second kappa shape index (κ2) is 8.52. The summed E-state index contributed by atoms with van der Waals surface area (Å²) in [6.07, 6.45) is 7.21. The number of amides is 1. The minimum Gasteiger partial charge on any atom is -0.325 e. The molecule has 0 spiro atoms. The van der Waals surface area contributed by atoms with E-state index in [0.717, 1.165) is 23.1 Å². The lowest BCUT2D eigenvalue weighted by Crippen LogP contribution is -2.17. The molecular formula is C19H26N4OS. The number of carbonyl (C=O) groups excluding carboxylic acids is 1. The highest BCUT2D eigenvalue weighted by molar-refractivity contribution is 7.99. The van der Waals surface area contributed by atoms with Gasteiger partial charge in [-0.2, -0.15) is 0 Å². The molecule has 1 saturated carbocycles. The molecule has 25 heavy (non-hydrogen) atoms. The van der Waals surface area contributed by atoms with Crippen molar-refractivity contribution in [2.75, 3.05) is 11.1 Å². The summed E-state index contributed by atoms with van der Waals surface area (Å²) in [4.78, 5) is 12.2. The van der Waals surface area contributed by atoms with E-state index >= 15 is 0 Å². The van der Waals surface area contributed by atoms with Crippen LogP contribution in [0.4, 0.5) is 5.69 Å². The highest BCUT2D eigenvalue weighted by atomic mass is 32.2. The Morgan fingerprint density at radius 1 is 1.20 bits per heavy atom. The standard InChI is InChI=1S/C19H26N4OS/c1-3-15-9-11-16(12-10-15)20-18(24)13-25-19-22-21-14(2)23(19)17-7-5-4-6-8-17/h9-12,17H,3-8,13H2,1-2H3,(H,20,24). The molecule has 0 unspecified atom stereocenters. The maximum Gasteiger partial charge on any atom is 0.234 e. The van der Waals surface area contributed by atoms with Crippen LogP contribution in [0.15, 0.2) is 29.4 Å². The van der Waals surface area contributed by atoms with Gasteiger partial charge in [0.05, 0.1) is 5.75 Å². The maximum atomic E-state index is 12.2. The first-order valence-electron chi connectivity index (χ1n) is 9.10. The molecular weight excluding hydrogens is 332 g/mol. The molecule has 6 heteroatoms. The predicted molar refractivity (Wildman–Crippen MR) is 102 cm³/mol. The Morgan fingerprint density at radius 3 is 2.60 bits per heavy atom. The van der Waals surface area contributed by atoms with Crippen LogP contribution < -0.4 is 5.32 Å². The van der Waals surface area contributed by atoms with E-state index in [-0.39, 0.29) is 5.91 Å². The van der Waals surface area contributed by atoms with Gasteiger partial charge in [0.25, 0.3) is 0 Å². The molecule has 134 valence electrons. The summed E-state index contributed by atoms with van der Waals surface area (Å²) in [5.41, 5.74) is 2.11. The summed E-state index contributed by atoms with van der Waals surface area (Å²) < 4.78 is 2.23. The van der Waals surface area contributed by atoms with E-state index in [1.807, 2.05) is 31.2 Å². The number of benzene rings is 1. The topological polar surface area (TPSA) is 59.8 Å². The Morgan fingerprint density at radius 2 is 1.92 bits per heavy atom. The Bertz CT molecular complexity index is 705. The van der Waals surface area contributed by atoms with Crippen LogP contribution in [0.2, 0.25) is 0 Å². The largest absolute Gasteiger partial charge is 0.325 e. The number of hydrogen-bond donors (Lipinski definition) is 1. The molecule has 1 heterocycles. The van der Waals surface area contributed by atoms with Crippen LogP contribution in [0.25, 0.3) is 0 Å². The van der Waals surface area contributed by atoms with Crippen molar-refractivity contribution in [3.8, 4) is 0 Å². The van der Waals surface area contributed by atoms with Crippen molar-refractivity contribution in [3.05, 3.63) is 35.7 Å². The smallest absolute Gasteiger partial charge is 0.234 e. The molecule has 3 rings (SSSR count). The number of carbonyl (C=O) groups is 1. The van der Waals surface area contributed by atoms with Gasteiger partial charge in [0, 0.05) is 11.7 Å². The minimum absolute atomic E-state index is 0.00917. The maximum absolute atomic E-state index is 12.2. The highest BCUT2D eigenvalue weighted by Crippen LogP contribution is 2.32. The zero-order valence-electron chi connectivity index (χ0n) is 15.0. The molecule has 5 nitrogen and oxygen atoms in total. The Kier molecular flexibility index (Phi) is 6.13. The number of hydrogen-bond acceptors (Lipinski definition) is 4. The van der Waals surface area contributed by atoms with E-state index in [1.165, 1.54) is 49.4 Å². The van der Waals surface area contributed by atoms with Crippen LogP contribution >= 0.6 is 11.8 Å². The number of anilines is 1. The molecule has 0 bridgehead atoms. The zero-order valence-corrected chi connectivity index (χ0v) is 15.8. The second-order valence-corrected chi connectivity index (χ2v) is 7.52. The SMILES string of the molecule is CCc1ccc(NC(=O)CSc2nnc(C)n2C2CCCCC2)cc1. The lowest BCUT2D eigenvalue weighted by Gasteiger charge is -2.24. The quantitative estimate of drug-likeness (QED) is 0.778. The number of nitrogens with zero attached hydrogens (tertiary/aromatic N) is 3. The zero-order chi connectivity index (χ0) is 17.6. The molecule has 0 saturated heterocycles. The van der Waals surface area contributed by atoms with Gasteiger partial charge in [-0.15, -0.1) is 10.2 Å². The molecule has 2 aromatic rings. The van der Waals surface area contributed by atoms with Crippen LogP contribution in [0.5, 0.6) is 0 Å². The van der Waals surface area contributed by atoms with E-state index in [1.54, 1.807) is 0 Å². The first-order chi connectivity index (χ1) is 12.2. The Hall–Kier alpha value is -1.82. The first kappa shape index (κ1) is 18.0. The number of thioether (sulfide) groups is 1. The number of aromatic nitrogens is 3. The third-order valence-corrected chi connectivity index (χ3v) is 5.70. The van der Waals surface area contributed by atoms with Gasteiger partial charge in [0.15, 0.2) is 5.16 Å². The molecule has 1 amide bonds. The van der Waals surface area contributed by atoms with Gasteiger partial charge in [-0.25, -0.2) is 0 Å². The van der Waals surface area contributed by atoms with Crippen molar-refractivity contribution in [1.82, 2.24) is 14.8 Å². The Labute approximate surface area is 153 Å². The molecule has 1 aliphatic rings. The van der Waals surface area contributed by atoms with Crippen molar-refractivity contribution in [2.24, 2.45) is 0 Å². The van der Waals surface area contributed by atoms with Crippen LogP contribution in [0.1, 0.15) is 56.5 Å². The van der Waals surface area contributed by atoms with Gasteiger partial charge in [-0.3, -0.25) is 4.79 Å². The van der Waals surface area contributed by atoms with E-state index < -0.39 is 0 Å². The normalized spacial score (nSPS) is 15.3. The molecule has 0 atom stereocenters. The fourth-order valence-corrected chi connectivity index (χ4v) is 4.21. The molecule has 0 radical (unpaired) electrons. The fourth-order valence-electron chi connectivity index (χ4n) is 3.36. The summed E-state index contributed by atoms with van der Waals surface area (Å²) in [5.74, 6) is 1.29. The van der Waals surface area contributed by atoms with Gasteiger partial charge < -0.3 is 9.88 Å².